The summed E-state index contributed by atoms with van der Waals surface area (Å²) in [4.78, 5) is 25.7. The molecule has 2 heterocycles. The Bertz CT molecular complexity index is 798. The molecule has 0 bridgehead atoms. The first-order chi connectivity index (χ1) is 11.7. The van der Waals surface area contributed by atoms with Gasteiger partial charge in [-0.15, -0.1) is 0 Å². The number of carbonyl (C=O) groups is 2. The van der Waals surface area contributed by atoms with Crippen molar-refractivity contribution in [3.8, 4) is 0 Å². The summed E-state index contributed by atoms with van der Waals surface area (Å²) in [5.74, 6) is -0.638. The topological polar surface area (TPSA) is 86.8 Å². The Kier molecular flexibility index (Phi) is 4.68. The highest BCUT2D eigenvalue weighted by Gasteiger charge is 2.39. The van der Waals surface area contributed by atoms with Gasteiger partial charge < -0.3 is 10.2 Å². The van der Waals surface area contributed by atoms with Crippen LogP contribution in [0.25, 0.3) is 0 Å². The van der Waals surface area contributed by atoms with Crippen LogP contribution in [0.2, 0.25) is 0 Å². The Labute approximate surface area is 145 Å². The van der Waals surface area contributed by atoms with Gasteiger partial charge in [0.25, 0.3) is 0 Å². The van der Waals surface area contributed by atoms with Gasteiger partial charge in [0.1, 0.15) is 12.4 Å². The molecule has 25 heavy (non-hydrogen) atoms. The Morgan fingerprint density at radius 3 is 2.76 bits per heavy atom. The van der Waals surface area contributed by atoms with E-state index in [-0.39, 0.29) is 35.9 Å². The third-order valence-electron chi connectivity index (χ3n) is 4.71. The van der Waals surface area contributed by atoms with Gasteiger partial charge in [0.05, 0.1) is 11.9 Å². The van der Waals surface area contributed by atoms with Gasteiger partial charge in [-0.05, 0) is 30.0 Å². The van der Waals surface area contributed by atoms with Crippen molar-refractivity contribution in [2.75, 3.05) is 36.7 Å². The molecule has 3 rings (SSSR count). The van der Waals surface area contributed by atoms with Gasteiger partial charge in [0, 0.05) is 26.1 Å². The largest absolute Gasteiger partial charge is 0.356 e. The van der Waals surface area contributed by atoms with Crippen molar-refractivity contribution in [2.24, 2.45) is 11.8 Å². The zero-order chi connectivity index (χ0) is 18.2. The van der Waals surface area contributed by atoms with E-state index in [0.29, 0.717) is 26.1 Å². The van der Waals surface area contributed by atoms with Crippen molar-refractivity contribution in [3.63, 3.8) is 0 Å². The number of carbonyl (C=O) groups excluding carboxylic acids is 2. The molecule has 2 amide bonds. The van der Waals surface area contributed by atoms with Crippen LogP contribution in [0.4, 0.5) is 10.1 Å². The van der Waals surface area contributed by atoms with Crippen LogP contribution in [0.5, 0.6) is 0 Å². The van der Waals surface area contributed by atoms with Crippen LogP contribution >= 0.6 is 0 Å². The third kappa shape index (κ3) is 3.92. The van der Waals surface area contributed by atoms with E-state index in [4.69, 9.17) is 0 Å². The smallest absolute Gasteiger partial charge is 0.243 e. The monoisotopic (exact) mass is 369 g/mol. The molecule has 0 aliphatic carbocycles. The zero-order valence-electron chi connectivity index (χ0n) is 13.8. The predicted molar refractivity (Wildman–Crippen MR) is 89.8 cm³/mol. The quantitative estimate of drug-likeness (QED) is 0.821. The molecule has 2 saturated heterocycles. The lowest BCUT2D eigenvalue weighted by atomic mass is 9.89. The minimum absolute atomic E-state index is 0.0203. The Hall–Kier alpha value is -2.16. The highest BCUT2D eigenvalue weighted by molar-refractivity contribution is 7.92. The molecule has 0 unspecified atom stereocenters. The average Bonchev–Trinajstić information content (AvgIpc) is 2.94. The number of nitrogens with zero attached hydrogens (tertiary/aromatic N) is 2. The van der Waals surface area contributed by atoms with Crippen molar-refractivity contribution < 1.29 is 22.4 Å². The molecule has 136 valence electrons. The molecule has 1 aromatic carbocycles. The number of fused-ring (bicyclic) bond motifs is 1. The van der Waals surface area contributed by atoms with E-state index in [9.17, 15) is 22.4 Å². The molecule has 7 nitrogen and oxygen atoms in total. The third-order valence-corrected chi connectivity index (χ3v) is 5.85. The lowest BCUT2D eigenvalue weighted by Gasteiger charge is -2.25. The lowest BCUT2D eigenvalue weighted by Crippen LogP contribution is -2.42. The van der Waals surface area contributed by atoms with E-state index in [1.165, 1.54) is 18.2 Å². The van der Waals surface area contributed by atoms with Crippen LogP contribution < -0.4 is 9.62 Å². The Morgan fingerprint density at radius 1 is 1.36 bits per heavy atom. The lowest BCUT2D eigenvalue weighted by molar-refractivity contribution is -0.129. The predicted octanol–water partition coefficient (Wildman–Crippen LogP) is 0.186. The SMILES string of the molecule is CS(=O)(=O)N(CC(=O)N1C[C@H]2CC(=O)NC[C@H]2C1)c1cccc(F)c1. The van der Waals surface area contributed by atoms with Crippen LogP contribution in [0.15, 0.2) is 24.3 Å². The van der Waals surface area contributed by atoms with Crippen molar-refractivity contribution in [3.05, 3.63) is 30.1 Å². The number of halogens is 1. The first-order valence-electron chi connectivity index (χ1n) is 8.02. The molecule has 0 aromatic heterocycles. The summed E-state index contributed by atoms with van der Waals surface area (Å²) in [5, 5.41) is 2.79. The number of anilines is 1. The highest BCUT2D eigenvalue weighted by Crippen LogP contribution is 2.29. The molecule has 1 aromatic rings. The van der Waals surface area contributed by atoms with Crippen LogP contribution in [0.1, 0.15) is 6.42 Å². The summed E-state index contributed by atoms with van der Waals surface area (Å²) in [6.45, 7) is 1.08. The van der Waals surface area contributed by atoms with Crippen molar-refractivity contribution >= 4 is 27.5 Å². The van der Waals surface area contributed by atoms with Crippen LogP contribution in [0, 0.1) is 17.7 Å². The zero-order valence-corrected chi connectivity index (χ0v) is 14.6. The first-order valence-corrected chi connectivity index (χ1v) is 9.86. The molecule has 0 saturated carbocycles. The van der Waals surface area contributed by atoms with Gasteiger partial charge in [-0.2, -0.15) is 0 Å². The maximum atomic E-state index is 13.4. The number of piperidine rings is 1. The number of hydrogen-bond donors (Lipinski definition) is 1. The summed E-state index contributed by atoms with van der Waals surface area (Å²) in [6, 6.07) is 5.14. The number of hydrogen-bond acceptors (Lipinski definition) is 4. The number of rotatable bonds is 4. The molecule has 1 N–H and O–H groups in total. The minimum Gasteiger partial charge on any atom is -0.356 e. The van der Waals surface area contributed by atoms with Gasteiger partial charge >= 0.3 is 0 Å². The van der Waals surface area contributed by atoms with Gasteiger partial charge in [0.2, 0.25) is 21.8 Å². The average molecular weight is 369 g/mol. The highest BCUT2D eigenvalue weighted by atomic mass is 32.2. The van der Waals surface area contributed by atoms with E-state index < -0.39 is 15.8 Å². The second-order valence-corrected chi connectivity index (χ2v) is 8.48. The number of sulfonamides is 1. The standard InChI is InChI=1S/C16H20FN3O4S/c1-25(23,24)20(14-4-2-3-13(17)6-14)10-16(22)19-8-11-5-15(21)18-7-12(11)9-19/h2-4,6,11-12H,5,7-10H2,1H3,(H,18,21)/t11-,12+/m1/s1. The summed E-state index contributed by atoms with van der Waals surface area (Å²) in [7, 11) is -3.74. The fourth-order valence-corrected chi connectivity index (χ4v) is 4.26. The van der Waals surface area contributed by atoms with E-state index in [2.05, 4.69) is 5.32 Å². The fraction of sp³-hybridized carbons (Fsp3) is 0.500. The van der Waals surface area contributed by atoms with Crippen molar-refractivity contribution in [2.45, 2.75) is 6.42 Å². The first kappa shape index (κ1) is 17.7. The molecule has 2 aliphatic rings. The van der Waals surface area contributed by atoms with Gasteiger partial charge in [0.15, 0.2) is 0 Å². The molecule has 0 radical (unpaired) electrons. The molecule has 9 heteroatoms. The van der Waals surface area contributed by atoms with Gasteiger partial charge in [-0.25, -0.2) is 12.8 Å². The fourth-order valence-electron chi connectivity index (χ4n) is 3.41. The van der Waals surface area contributed by atoms with Crippen molar-refractivity contribution in [1.29, 1.82) is 0 Å². The molecular weight excluding hydrogens is 349 g/mol. The second-order valence-electron chi connectivity index (χ2n) is 6.58. The second kappa shape index (κ2) is 6.62. The molecule has 0 spiro atoms. The van der Waals surface area contributed by atoms with Crippen molar-refractivity contribution in [1.82, 2.24) is 10.2 Å². The van der Waals surface area contributed by atoms with Crippen LogP contribution in [-0.2, 0) is 19.6 Å². The maximum absolute atomic E-state index is 13.4. The molecule has 2 atom stereocenters. The number of nitrogens with one attached hydrogen (secondary N) is 1. The number of likely N-dealkylation sites (tertiary alicyclic amines) is 1. The van der Waals surface area contributed by atoms with E-state index in [1.54, 1.807) is 4.90 Å². The Balaban J connectivity index is 1.74. The molecule has 2 fully saturated rings. The van der Waals surface area contributed by atoms with Crippen LogP contribution in [0.3, 0.4) is 0 Å². The summed E-state index contributed by atoms with van der Waals surface area (Å²) < 4.78 is 38.5. The molecular formula is C16H20FN3O4S. The maximum Gasteiger partial charge on any atom is 0.243 e. The molecule has 2 aliphatic heterocycles. The minimum atomic E-state index is -3.74. The van der Waals surface area contributed by atoms with E-state index in [0.717, 1.165) is 16.6 Å². The van der Waals surface area contributed by atoms with E-state index in [1.807, 2.05) is 0 Å². The normalized spacial score (nSPS) is 23.1. The van der Waals surface area contributed by atoms with Gasteiger partial charge in [-0.3, -0.25) is 13.9 Å². The van der Waals surface area contributed by atoms with E-state index >= 15 is 0 Å². The summed E-state index contributed by atoms with van der Waals surface area (Å²) in [6.07, 6.45) is 1.37. The summed E-state index contributed by atoms with van der Waals surface area (Å²) >= 11 is 0. The summed E-state index contributed by atoms with van der Waals surface area (Å²) in [5.41, 5.74) is 0.115. The van der Waals surface area contributed by atoms with Gasteiger partial charge in [-0.1, -0.05) is 6.07 Å². The Morgan fingerprint density at radius 2 is 2.08 bits per heavy atom. The number of benzene rings is 1. The number of amides is 2. The van der Waals surface area contributed by atoms with Crippen LogP contribution in [-0.4, -0.2) is 57.6 Å².